The minimum absolute atomic E-state index is 0.327. The van der Waals surface area contributed by atoms with Gasteiger partial charge in [0, 0.05) is 18.9 Å². The lowest BCUT2D eigenvalue weighted by atomic mass is 9.79. The lowest BCUT2D eigenvalue weighted by Gasteiger charge is -2.39. The Morgan fingerprint density at radius 3 is 2.44 bits per heavy atom. The second kappa shape index (κ2) is 7.09. The molecule has 4 atom stereocenters. The molecule has 0 bridgehead atoms. The van der Waals surface area contributed by atoms with Crippen molar-refractivity contribution in [1.82, 2.24) is 0 Å². The first-order valence-electron chi connectivity index (χ1n) is 7.35. The van der Waals surface area contributed by atoms with Gasteiger partial charge in [-0.1, -0.05) is 6.07 Å². The van der Waals surface area contributed by atoms with Gasteiger partial charge in [0.2, 0.25) is 0 Å². The third-order valence-corrected chi connectivity index (χ3v) is 3.94. The normalized spacial score (nSPS) is 29.5. The molecule has 9 heteroatoms. The van der Waals surface area contributed by atoms with Crippen LogP contribution >= 0.6 is 0 Å². The molecule has 0 amide bonds. The van der Waals surface area contributed by atoms with Crippen LogP contribution in [0.25, 0.3) is 6.08 Å². The molecule has 0 radical (unpaired) electrons. The first-order chi connectivity index (χ1) is 11.6. The Hall–Kier alpha value is -2.62. The Labute approximate surface area is 142 Å². The zero-order valence-electron chi connectivity index (χ0n) is 12.9. The summed E-state index contributed by atoms with van der Waals surface area (Å²) in [4.78, 5) is 22.9. The van der Waals surface area contributed by atoms with Crippen LogP contribution in [0.4, 0.5) is 0 Å². The van der Waals surface area contributed by atoms with Crippen LogP contribution < -0.4 is 0 Å². The molecule has 1 aliphatic rings. The van der Waals surface area contributed by atoms with Gasteiger partial charge in [-0.05, 0) is 23.8 Å². The van der Waals surface area contributed by atoms with E-state index < -0.39 is 48.7 Å². The summed E-state index contributed by atoms with van der Waals surface area (Å²) in [5.41, 5.74) is -1.94. The molecule has 0 saturated heterocycles. The van der Waals surface area contributed by atoms with Crippen LogP contribution in [0.2, 0.25) is 0 Å². The number of phenols is 2. The predicted octanol–water partition coefficient (Wildman–Crippen LogP) is -0.646. The van der Waals surface area contributed by atoms with Crippen molar-refractivity contribution in [2.24, 2.45) is 0 Å². The quantitative estimate of drug-likeness (QED) is 0.234. The van der Waals surface area contributed by atoms with Crippen LogP contribution in [0.5, 0.6) is 11.5 Å². The van der Waals surface area contributed by atoms with E-state index in [-0.39, 0.29) is 11.5 Å². The van der Waals surface area contributed by atoms with E-state index in [1.54, 1.807) is 0 Å². The van der Waals surface area contributed by atoms with Crippen molar-refractivity contribution in [2.45, 2.75) is 36.8 Å². The summed E-state index contributed by atoms with van der Waals surface area (Å²) < 4.78 is 4.92. The molecule has 0 spiro atoms. The molecule has 2 rings (SSSR count). The van der Waals surface area contributed by atoms with Gasteiger partial charge >= 0.3 is 11.9 Å². The number of carbonyl (C=O) groups is 2. The zero-order chi connectivity index (χ0) is 18.8. The van der Waals surface area contributed by atoms with E-state index in [1.165, 1.54) is 24.3 Å². The molecule has 0 heterocycles. The highest BCUT2D eigenvalue weighted by molar-refractivity contribution is 5.87. The number of aliphatic carboxylic acids is 1. The molecule has 1 saturated carbocycles. The molecule has 1 fully saturated rings. The molecular formula is C16H18O9. The highest BCUT2D eigenvalue weighted by atomic mass is 16.6. The maximum Gasteiger partial charge on any atom is 0.335 e. The van der Waals surface area contributed by atoms with Gasteiger partial charge in [0.15, 0.2) is 17.1 Å². The van der Waals surface area contributed by atoms with Gasteiger partial charge in [-0.2, -0.15) is 0 Å². The summed E-state index contributed by atoms with van der Waals surface area (Å²) in [6.07, 6.45) is -3.44. The number of carbonyl (C=O) groups excluding carboxylic acids is 1. The van der Waals surface area contributed by atoms with E-state index in [4.69, 9.17) is 9.84 Å². The number of aliphatic hydroxyl groups excluding tert-OH is 2. The summed E-state index contributed by atoms with van der Waals surface area (Å²) in [5.74, 6) is -3.24. The summed E-state index contributed by atoms with van der Waals surface area (Å²) in [6, 6.07) is 3.83. The van der Waals surface area contributed by atoms with Crippen molar-refractivity contribution in [3.8, 4) is 11.5 Å². The standard InChI is InChI=1S/C16H18O9/c17-9-3-1-8(5-10(9)18)2-4-13(20)25-12-7-16(24,15(22)23)6-11(19)14(12)21/h1-5,11-12,14,17-19,21,24H,6-7H2,(H,22,23)/b4-2+/t11-,12?,14?,16-/m0/s1. The Kier molecular flexibility index (Phi) is 5.31. The van der Waals surface area contributed by atoms with Crippen LogP contribution in [0.3, 0.4) is 0 Å². The number of aliphatic hydroxyl groups is 3. The zero-order valence-corrected chi connectivity index (χ0v) is 12.9. The molecule has 1 aliphatic carbocycles. The fourth-order valence-electron chi connectivity index (χ4n) is 2.53. The van der Waals surface area contributed by atoms with Crippen molar-refractivity contribution in [1.29, 1.82) is 0 Å². The fourth-order valence-corrected chi connectivity index (χ4v) is 2.53. The molecular weight excluding hydrogens is 336 g/mol. The van der Waals surface area contributed by atoms with Gasteiger partial charge in [0.1, 0.15) is 12.2 Å². The van der Waals surface area contributed by atoms with Gasteiger partial charge in [-0.25, -0.2) is 9.59 Å². The smallest absolute Gasteiger partial charge is 0.335 e. The van der Waals surface area contributed by atoms with E-state index in [2.05, 4.69) is 0 Å². The number of carboxylic acid groups (broad SMARTS) is 1. The first kappa shape index (κ1) is 18.7. The highest BCUT2D eigenvalue weighted by Gasteiger charge is 2.50. The fraction of sp³-hybridized carbons (Fsp3) is 0.375. The average Bonchev–Trinajstić information content (AvgIpc) is 2.53. The van der Waals surface area contributed by atoms with E-state index in [0.717, 1.165) is 6.08 Å². The Morgan fingerprint density at radius 2 is 1.84 bits per heavy atom. The molecule has 1 aromatic rings. The number of ether oxygens (including phenoxy) is 1. The number of phenolic OH excluding ortho intramolecular Hbond substituents is 2. The monoisotopic (exact) mass is 354 g/mol. The molecule has 6 N–H and O–H groups in total. The van der Waals surface area contributed by atoms with E-state index in [1.807, 2.05) is 0 Å². The number of aromatic hydroxyl groups is 2. The van der Waals surface area contributed by atoms with Crippen molar-refractivity contribution in [3.63, 3.8) is 0 Å². The van der Waals surface area contributed by atoms with Gasteiger partial charge < -0.3 is 35.4 Å². The molecule has 1 aromatic carbocycles. The number of rotatable bonds is 4. The number of benzene rings is 1. The Balaban J connectivity index is 2.06. The SMILES string of the molecule is O=C(/C=C/c1ccc(O)c(O)c1)OC1C[C@](O)(C(=O)O)C[C@H](O)C1O. The second-order valence-electron chi connectivity index (χ2n) is 5.86. The maximum absolute atomic E-state index is 11.8. The third-order valence-electron chi connectivity index (χ3n) is 3.94. The molecule has 9 nitrogen and oxygen atoms in total. The number of esters is 1. The molecule has 136 valence electrons. The predicted molar refractivity (Wildman–Crippen MR) is 82.5 cm³/mol. The van der Waals surface area contributed by atoms with Crippen LogP contribution in [0, 0.1) is 0 Å². The van der Waals surface area contributed by atoms with Crippen molar-refractivity contribution >= 4 is 18.0 Å². The van der Waals surface area contributed by atoms with Gasteiger partial charge in [0.25, 0.3) is 0 Å². The first-order valence-corrected chi connectivity index (χ1v) is 7.35. The highest BCUT2D eigenvalue weighted by Crippen LogP contribution is 2.31. The lowest BCUT2D eigenvalue weighted by molar-refractivity contribution is -0.196. The lowest BCUT2D eigenvalue weighted by Crippen LogP contribution is -2.57. The Bertz CT molecular complexity index is 699. The third kappa shape index (κ3) is 4.27. The van der Waals surface area contributed by atoms with Crippen molar-refractivity contribution < 1.29 is 45.0 Å². The van der Waals surface area contributed by atoms with E-state index >= 15 is 0 Å². The second-order valence-corrected chi connectivity index (χ2v) is 5.86. The maximum atomic E-state index is 11.8. The van der Waals surface area contributed by atoms with Crippen LogP contribution in [0.1, 0.15) is 18.4 Å². The minimum atomic E-state index is -2.31. The summed E-state index contributed by atoms with van der Waals surface area (Å²) in [7, 11) is 0. The van der Waals surface area contributed by atoms with E-state index in [9.17, 15) is 35.1 Å². The van der Waals surface area contributed by atoms with Gasteiger partial charge in [0.05, 0.1) is 6.10 Å². The minimum Gasteiger partial charge on any atom is -0.504 e. The Morgan fingerprint density at radius 1 is 1.16 bits per heavy atom. The van der Waals surface area contributed by atoms with Crippen LogP contribution in [-0.4, -0.2) is 66.5 Å². The average molecular weight is 354 g/mol. The van der Waals surface area contributed by atoms with Crippen molar-refractivity contribution in [2.75, 3.05) is 0 Å². The number of hydrogen-bond acceptors (Lipinski definition) is 8. The van der Waals surface area contributed by atoms with Crippen LogP contribution in [-0.2, 0) is 14.3 Å². The number of carboxylic acids is 1. The number of hydrogen-bond donors (Lipinski definition) is 6. The molecule has 25 heavy (non-hydrogen) atoms. The molecule has 0 aliphatic heterocycles. The molecule has 2 unspecified atom stereocenters. The summed E-state index contributed by atoms with van der Waals surface area (Å²) in [5, 5.41) is 57.0. The largest absolute Gasteiger partial charge is 0.504 e. The molecule has 0 aromatic heterocycles. The van der Waals surface area contributed by atoms with Crippen LogP contribution in [0.15, 0.2) is 24.3 Å². The van der Waals surface area contributed by atoms with Crippen molar-refractivity contribution in [3.05, 3.63) is 29.8 Å². The van der Waals surface area contributed by atoms with Gasteiger partial charge in [-0.15, -0.1) is 0 Å². The van der Waals surface area contributed by atoms with E-state index in [0.29, 0.717) is 5.56 Å². The summed E-state index contributed by atoms with van der Waals surface area (Å²) in [6.45, 7) is 0. The van der Waals surface area contributed by atoms with Gasteiger partial charge in [-0.3, -0.25) is 0 Å². The summed E-state index contributed by atoms with van der Waals surface area (Å²) >= 11 is 0. The topological polar surface area (TPSA) is 165 Å².